The van der Waals surface area contributed by atoms with E-state index in [1.54, 1.807) is 11.8 Å². The number of aromatic hydroxyl groups is 1. The SMILES string of the molecule is CCSc1ccc(Cc2cc(C(=O)P(=O)(O)O)ccc2O)cc1. The van der Waals surface area contributed by atoms with Crippen molar-refractivity contribution in [2.75, 3.05) is 5.75 Å². The molecule has 0 heterocycles. The van der Waals surface area contributed by atoms with Crippen LogP contribution in [0.25, 0.3) is 0 Å². The highest BCUT2D eigenvalue weighted by Crippen LogP contribution is 2.39. The number of hydrogen-bond donors (Lipinski definition) is 3. The molecule has 0 saturated heterocycles. The van der Waals surface area contributed by atoms with E-state index in [0.29, 0.717) is 12.0 Å². The van der Waals surface area contributed by atoms with Gasteiger partial charge in [-0.1, -0.05) is 19.1 Å². The predicted octanol–water partition coefficient (Wildman–Crippen LogP) is 3.41. The third-order valence-electron chi connectivity index (χ3n) is 3.22. The van der Waals surface area contributed by atoms with Crippen molar-refractivity contribution in [1.29, 1.82) is 0 Å². The second-order valence-corrected chi connectivity index (χ2v) is 7.78. The first-order chi connectivity index (χ1) is 10.8. The zero-order valence-corrected chi connectivity index (χ0v) is 14.2. The fourth-order valence-corrected chi connectivity index (χ4v) is 3.26. The molecule has 0 saturated carbocycles. The summed E-state index contributed by atoms with van der Waals surface area (Å²) < 4.78 is 11.1. The first-order valence-electron chi connectivity index (χ1n) is 6.95. The average molecular weight is 352 g/mol. The summed E-state index contributed by atoms with van der Waals surface area (Å²) in [6, 6.07) is 11.6. The Kier molecular flexibility index (Phi) is 5.65. The van der Waals surface area contributed by atoms with Crippen LogP contribution in [0.1, 0.15) is 28.4 Å². The van der Waals surface area contributed by atoms with E-state index in [1.807, 2.05) is 24.3 Å². The Morgan fingerprint density at radius 2 is 1.78 bits per heavy atom. The molecule has 3 N–H and O–H groups in total. The summed E-state index contributed by atoms with van der Waals surface area (Å²) in [5.74, 6) is 0.964. The molecule has 0 fully saturated rings. The fourth-order valence-electron chi connectivity index (χ4n) is 2.12. The number of carbonyl (C=O) groups excluding carboxylic acids is 1. The van der Waals surface area contributed by atoms with Gasteiger partial charge in [0, 0.05) is 16.9 Å². The molecule has 2 aromatic carbocycles. The molecule has 0 aliphatic carbocycles. The molecule has 0 unspecified atom stereocenters. The highest BCUT2D eigenvalue weighted by Gasteiger charge is 2.27. The van der Waals surface area contributed by atoms with E-state index in [0.717, 1.165) is 16.2 Å². The second kappa shape index (κ2) is 7.32. The third kappa shape index (κ3) is 4.69. The van der Waals surface area contributed by atoms with Crippen LogP contribution in [0, 0.1) is 0 Å². The molecule has 122 valence electrons. The van der Waals surface area contributed by atoms with Crippen molar-refractivity contribution in [2.24, 2.45) is 0 Å². The van der Waals surface area contributed by atoms with Crippen LogP contribution in [-0.2, 0) is 11.0 Å². The number of phenols is 1. The van der Waals surface area contributed by atoms with Gasteiger partial charge < -0.3 is 14.9 Å². The van der Waals surface area contributed by atoms with E-state index in [1.165, 1.54) is 18.2 Å². The van der Waals surface area contributed by atoms with Gasteiger partial charge in [0.1, 0.15) is 5.75 Å². The molecule has 0 atom stereocenters. The Morgan fingerprint density at radius 3 is 2.35 bits per heavy atom. The Bertz CT molecular complexity index is 752. The van der Waals surface area contributed by atoms with Crippen LogP contribution < -0.4 is 0 Å². The molecule has 5 nitrogen and oxygen atoms in total. The highest BCUT2D eigenvalue weighted by atomic mass is 32.2. The number of thioether (sulfide) groups is 1. The minimum Gasteiger partial charge on any atom is -0.508 e. The zero-order chi connectivity index (χ0) is 17.0. The smallest absolute Gasteiger partial charge is 0.396 e. The maximum Gasteiger partial charge on any atom is 0.396 e. The van der Waals surface area contributed by atoms with Gasteiger partial charge in [-0.15, -0.1) is 11.8 Å². The average Bonchev–Trinajstić information content (AvgIpc) is 2.50. The minimum atomic E-state index is -4.83. The summed E-state index contributed by atoms with van der Waals surface area (Å²) >= 11 is 1.72. The van der Waals surface area contributed by atoms with Crippen LogP contribution in [0.4, 0.5) is 0 Å². The largest absolute Gasteiger partial charge is 0.508 e. The Hall–Kier alpha value is -1.59. The standard InChI is InChI=1S/C16H17O5PS/c1-2-23-14-6-3-11(4-7-14)9-13-10-12(5-8-15(13)17)16(18)22(19,20)21/h3-8,10,17H,2,9H2,1H3,(H2,19,20,21). The molecule has 7 heteroatoms. The van der Waals surface area contributed by atoms with Crippen molar-refractivity contribution >= 4 is 24.9 Å². The van der Waals surface area contributed by atoms with Gasteiger partial charge in [-0.25, -0.2) is 0 Å². The first kappa shape index (κ1) is 17.8. The molecular formula is C16H17O5PS. The zero-order valence-electron chi connectivity index (χ0n) is 12.5. The highest BCUT2D eigenvalue weighted by molar-refractivity contribution is 7.99. The minimum absolute atomic E-state index is 0.0146. The van der Waals surface area contributed by atoms with E-state index in [2.05, 4.69) is 6.92 Å². The van der Waals surface area contributed by atoms with Gasteiger partial charge in [0.25, 0.3) is 5.52 Å². The van der Waals surface area contributed by atoms with Gasteiger partial charge >= 0.3 is 7.60 Å². The molecule has 0 aliphatic rings. The summed E-state index contributed by atoms with van der Waals surface area (Å²) in [5.41, 5.74) is 0.0273. The van der Waals surface area contributed by atoms with Crippen LogP contribution in [0.5, 0.6) is 5.75 Å². The lowest BCUT2D eigenvalue weighted by molar-refractivity contribution is 0.104. The third-order valence-corrected chi connectivity index (χ3v) is 4.90. The van der Waals surface area contributed by atoms with Crippen molar-refractivity contribution in [3.63, 3.8) is 0 Å². The molecule has 0 amide bonds. The van der Waals surface area contributed by atoms with Crippen molar-refractivity contribution < 1.29 is 24.3 Å². The van der Waals surface area contributed by atoms with Gasteiger partial charge in [-0.2, -0.15) is 0 Å². The first-order valence-corrected chi connectivity index (χ1v) is 9.55. The lowest BCUT2D eigenvalue weighted by atomic mass is 10.0. The van der Waals surface area contributed by atoms with E-state index >= 15 is 0 Å². The second-order valence-electron chi connectivity index (χ2n) is 4.95. The molecule has 23 heavy (non-hydrogen) atoms. The van der Waals surface area contributed by atoms with Crippen LogP contribution in [0.2, 0.25) is 0 Å². The van der Waals surface area contributed by atoms with E-state index in [9.17, 15) is 14.5 Å². The summed E-state index contributed by atoms with van der Waals surface area (Å²) in [6.45, 7) is 2.07. The summed E-state index contributed by atoms with van der Waals surface area (Å²) in [4.78, 5) is 30.7. The number of benzene rings is 2. The Morgan fingerprint density at radius 1 is 1.13 bits per heavy atom. The molecule has 0 spiro atoms. The van der Waals surface area contributed by atoms with Crippen molar-refractivity contribution in [1.82, 2.24) is 0 Å². The van der Waals surface area contributed by atoms with Crippen molar-refractivity contribution in [2.45, 2.75) is 18.2 Å². The Balaban J connectivity index is 2.25. The van der Waals surface area contributed by atoms with E-state index < -0.39 is 13.1 Å². The van der Waals surface area contributed by atoms with Gasteiger partial charge in [0.15, 0.2) is 0 Å². The van der Waals surface area contributed by atoms with Crippen molar-refractivity contribution in [3.05, 3.63) is 59.2 Å². The summed E-state index contributed by atoms with van der Waals surface area (Å²) in [6.07, 6.45) is 0.366. The molecule has 0 radical (unpaired) electrons. The number of hydrogen-bond acceptors (Lipinski definition) is 4. The van der Waals surface area contributed by atoms with Crippen molar-refractivity contribution in [3.8, 4) is 5.75 Å². The van der Waals surface area contributed by atoms with Crippen LogP contribution in [0.3, 0.4) is 0 Å². The number of phenolic OH excluding ortho intramolecular Hbond substituents is 1. The molecule has 2 rings (SSSR count). The topological polar surface area (TPSA) is 94.8 Å². The van der Waals surface area contributed by atoms with Crippen LogP contribution in [-0.4, -0.2) is 26.2 Å². The number of rotatable bonds is 6. The van der Waals surface area contributed by atoms with E-state index in [-0.39, 0.29) is 11.3 Å². The van der Waals surface area contributed by atoms with Gasteiger partial charge in [0.05, 0.1) is 0 Å². The fraction of sp³-hybridized carbons (Fsp3) is 0.188. The van der Waals surface area contributed by atoms with E-state index in [4.69, 9.17) is 9.79 Å². The van der Waals surface area contributed by atoms with Gasteiger partial charge in [-0.3, -0.25) is 9.36 Å². The molecule has 2 aromatic rings. The molecule has 0 aliphatic heterocycles. The van der Waals surface area contributed by atoms with Gasteiger partial charge in [0.2, 0.25) is 0 Å². The lowest BCUT2D eigenvalue weighted by Gasteiger charge is -2.09. The molecular weight excluding hydrogens is 335 g/mol. The maximum atomic E-state index is 11.7. The summed E-state index contributed by atoms with van der Waals surface area (Å²) in [5, 5.41) is 9.91. The predicted molar refractivity (Wildman–Crippen MR) is 90.1 cm³/mol. The van der Waals surface area contributed by atoms with Gasteiger partial charge in [-0.05, 0) is 47.2 Å². The lowest BCUT2D eigenvalue weighted by Crippen LogP contribution is -2.01. The molecule has 0 bridgehead atoms. The monoisotopic (exact) mass is 352 g/mol. The number of carbonyl (C=O) groups is 1. The normalized spacial score (nSPS) is 11.4. The summed E-state index contributed by atoms with van der Waals surface area (Å²) in [7, 11) is -4.83. The van der Waals surface area contributed by atoms with Crippen LogP contribution >= 0.6 is 19.4 Å². The molecule has 0 aromatic heterocycles. The quantitative estimate of drug-likeness (QED) is 0.545. The maximum absolute atomic E-state index is 11.7. The van der Waals surface area contributed by atoms with Crippen LogP contribution in [0.15, 0.2) is 47.4 Å². The Labute approximate surface area is 138 Å².